The van der Waals surface area contributed by atoms with Gasteiger partial charge in [0.2, 0.25) is 11.7 Å². The number of carbonyl (C=O) groups is 4. The average Bonchev–Trinajstić information content (AvgIpc) is 3.35. The van der Waals surface area contributed by atoms with Crippen LogP contribution in [0.15, 0.2) is 42.5 Å². The zero-order valence-corrected chi connectivity index (χ0v) is 21.1. The molecule has 186 valence electrons. The molecule has 1 aliphatic rings. The van der Waals surface area contributed by atoms with Gasteiger partial charge in [-0.3, -0.25) is 9.59 Å². The lowest BCUT2D eigenvalue weighted by Gasteiger charge is -2.31. The Balaban J connectivity index is 1.78. The SMILES string of the molecule is CC(C)(OC(=O)C(=O)CC(=O)N(Cc1ccc(Cl)c(Cl)c1)c1ccc(C(=O)O)cc1)C1CCCC1. The molecule has 0 unspecified atom stereocenters. The number of benzene rings is 2. The fourth-order valence-corrected chi connectivity index (χ4v) is 4.55. The highest BCUT2D eigenvalue weighted by atomic mass is 35.5. The van der Waals surface area contributed by atoms with Gasteiger partial charge in [-0.25, -0.2) is 9.59 Å². The van der Waals surface area contributed by atoms with Gasteiger partial charge in [-0.05, 0) is 74.6 Å². The first-order valence-corrected chi connectivity index (χ1v) is 12.1. The normalized spacial score (nSPS) is 13.9. The number of ketones is 1. The third-order valence-corrected chi connectivity index (χ3v) is 7.02. The maximum atomic E-state index is 13.2. The van der Waals surface area contributed by atoms with Crippen LogP contribution in [-0.4, -0.2) is 34.3 Å². The summed E-state index contributed by atoms with van der Waals surface area (Å²) in [6.07, 6.45) is 3.28. The fraction of sp³-hybridized carbons (Fsp3) is 0.385. The van der Waals surface area contributed by atoms with Gasteiger partial charge in [0.25, 0.3) is 0 Å². The summed E-state index contributed by atoms with van der Waals surface area (Å²) in [4.78, 5) is 50.8. The molecule has 0 saturated heterocycles. The van der Waals surface area contributed by atoms with Crippen molar-refractivity contribution in [3.05, 3.63) is 63.6 Å². The molecule has 0 atom stereocenters. The highest BCUT2D eigenvalue weighted by Crippen LogP contribution is 2.36. The van der Waals surface area contributed by atoms with Crippen molar-refractivity contribution in [3.63, 3.8) is 0 Å². The average molecular weight is 520 g/mol. The lowest BCUT2D eigenvalue weighted by atomic mass is 9.89. The van der Waals surface area contributed by atoms with Crippen LogP contribution in [0, 0.1) is 5.92 Å². The quantitative estimate of drug-likeness (QED) is 0.259. The zero-order chi connectivity index (χ0) is 25.8. The first-order chi connectivity index (χ1) is 16.5. The molecule has 0 spiro atoms. The maximum absolute atomic E-state index is 13.2. The van der Waals surface area contributed by atoms with E-state index in [-0.39, 0.29) is 18.0 Å². The van der Waals surface area contributed by atoms with E-state index in [1.807, 2.05) is 0 Å². The van der Waals surface area contributed by atoms with Crippen LogP contribution < -0.4 is 4.90 Å². The number of carbonyl (C=O) groups excluding carboxylic acids is 3. The lowest BCUT2D eigenvalue weighted by Crippen LogP contribution is -2.39. The first kappa shape index (κ1) is 26.7. The minimum Gasteiger partial charge on any atom is -0.478 e. The van der Waals surface area contributed by atoms with Crippen LogP contribution in [-0.2, 0) is 25.7 Å². The zero-order valence-electron chi connectivity index (χ0n) is 19.6. The van der Waals surface area contributed by atoms with Crippen molar-refractivity contribution in [1.82, 2.24) is 0 Å². The van der Waals surface area contributed by atoms with E-state index in [1.165, 1.54) is 29.2 Å². The molecule has 0 heterocycles. The minimum atomic E-state index is -1.11. The molecule has 1 saturated carbocycles. The number of hydrogen-bond donors (Lipinski definition) is 1. The molecule has 1 fully saturated rings. The number of amides is 1. The van der Waals surface area contributed by atoms with Crippen molar-refractivity contribution >= 4 is 52.5 Å². The van der Waals surface area contributed by atoms with Crippen molar-refractivity contribution in [2.75, 3.05) is 4.90 Å². The molecular formula is C26H27Cl2NO6. The van der Waals surface area contributed by atoms with E-state index in [4.69, 9.17) is 33.0 Å². The minimum absolute atomic E-state index is 0.0258. The van der Waals surface area contributed by atoms with E-state index in [0.717, 1.165) is 25.7 Å². The summed E-state index contributed by atoms with van der Waals surface area (Å²) in [7, 11) is 0. The van der Waals surface area contributed by atoms with Crippen molar-refractivity contribution in [1.29, 1.82) is 0 Å². The van der Waals surface area contributed by atoms with Crippen LogP contribution in [0.5, 0.6) is 0 Å². The van der Waals surface area contributed by atoms with Crippen LogP contribution in [0.25, 0.3) is 0 Å². The van der Waals surface area contributed by atoms with Crippen molar-refractivity contribution in [3.8, 4) is 0 Å². The highest BCUT2D eigenvalue weighted by molar-refractivity contribution is 6.42. The third kappa shape index (κ3) is 6.83. The van der Waals surface area contributed by atoms with Gasteiger partial charge in [-0.15, -0.1) is 0 Å². The molecule has 7 nitrogen and oxygen atoms in total. The highest BCUT2D eigenvalue weighted by Gasteiger charge is 2.37. The number of hydrogen-bond acceptors (Lipinski definition) is 5. The molecule has 0 aliphatic heterocycles. The van der Waals surface area contributed by atoms with Crippen molar-refractivity contribution in [2.45, 2.75) is 58.1 Å². The Labute approximate surface area is 214 Å². The van der Waals surface area contributed by atoms with Gasteiger partial charge in [0, 0.05) is 5.69 Å². The van der Waals surface area contributed by atoms with E-state index in [1.54, 1.807) is 32.0 Å². The number of halogens is 2. The van der Waals surface area contributed by atoms with Gasteiger partial charge in [0.05, 0.1) is 28.6 Å². The van der Waals surface area contributed by atoms with Crippen LogP contribution in [0.4, 0.5) is 5.69 Å². The largest absolute Gasteiger partial charge is 0.478 e. The molecule has 1 amide bonds. The van der Waals surface area contributed by atoms with Gasteiger partial charge in [-0.1, -0.05) is 42.1 Å². The van der Waals surface area contributed by atoms with Crippen LogP contribution in [0.1, 0.15) is 61.9 Å². The van der Waals surface area contributed by atoms with Crippen molar-refractivity contribution in [2.24, 2.45) is 5.92 Å². The second-order valence-corrected chi connectivity index (χ2v) is 9.97. The summed E-state index contributed by atoms with van der Waals surface area (Å²) in [5, 5.41) is 9.81. The number of nitrogens with zero attached hydrogens (tertiary/aromatic N) is 1. The molecule has 1 N–H and O–H groups in total. The van der Waals surface area contributed by atoms with Gasteiger partial charge >= 0.3 is 11.9 Å². The summed E-state index contributed by atoms with van der Waals surface area (Å²) in [6, 6.07) is 10.5. The van der Waals surface area contributed by atoms with E-state index >= 15 is 0 Å². The summed E-state index contributed by atoms with van der Waals surface area (Å²) < 4.78 is 5.50. The molecule has 9 heteroatoms. The van der Waals surface area contributed by atoms with Gasteiger partial charge < -0.3 is 14.7 Å². The summed E-state index contributed by atoms with van der Waals surface area (Å²) in [6.45, 7) is 3.60. The lowest BCUT2D eigenvalue weighted by molar-refractivity contribution is -0.168. The second-order valence-electron chi connectivity index (χ2n) is 9.15. The summed E-state index contributed by atoms with van der Waals surface area (Å²) in [5.41, 5.74) is 0.245. The Morgan fingerprint density at radius 3 is 2.20 bits per heavy atom. The molecule has 0 radical (unpaired) electrons. The van der Waals surface area contributed by atoms with Crippen molar-refractivity contribution < 1.29 is 29.0 Å². The predicted octanol–water partition coefficient (Wildman–Crippen LogP) is 5.70. The fourth-order valence-electron chi connectivity index (χ4n) is 4.23. The number of anilines is 1. The Morgan fingerprint density at radius 2 is 1.63 bits per heavy atom. The van der Waals surface area contributed by atoms with E-state index in [2.05, 4.69) is 0 Å². The number of ether oxygens (including phenoxy) is 1. The van der Waals surface area contributed by atoms with Gasteiger partial charge in [-0.2, -0.15) is 0 Å². The molecule has 0 bridgehead atoms. The molecule has 3 rings (SSSR count). The number of rotatable bonds is 9. The van der Waals surface area contributed by atoms with E-state index < -0.39 is 35.7 Å². The first-order valence-electron chi connectivity index (χ1n) is 11.3. The number of esters is 1. The summed E-state index contributed by atoms with van der Waals surface area (Å²) >= 11 is 12.1. The molecular weight excluding hydrogens is 493 g/mol. The smallest absolute Gasteiger partial charge is 0.375 e. The monoisotopic (exact) mass is 519 g/mol. The standard InChI is InChI=1S/C26H27Cl2NO6/c1-26(2,18-5-3-4-6-18)35-25(34)22(30)14-23(31)29(15-16-7-12-20(27)21(28)13-16)19-10-8-17(9-11-19)24(32)33/h7-13,18H,3-6,14-15H2,1-2H3,(H,32,33). The van der Waals surface area contributed by atoms with Crippen LogP contribution in [0.2, 0.25) is 10.0 Å². The molecule has 0 aromatic heterocycles. The Hall–Kier alpha value is -2.90. The third-order valence-electron chi connectivity index (χ3n) is 6.29. The summed E-state index contributed by atoms with van der Waals surface area (Å²) in [5.74, 6) is -3.55. The predicted molar refractivity (Wildman–Crippen MR) is 133 cm³/mol. The number of aromatic carboxylic acids is 1. The molecule has 35 heavy (non-hydrogen) atoms. The van der Waals surface area contributed by atoms with Gasteiger partial charge in [0.15, 0.2) is 0 Å². The molecule has 2 aromatic carbocycles. The number of carboxylic acids is 1. The van der Waals surface area contributed by atoms with Crippen LogP contribution in [0.3, 0.4) is 0 Å². The second kappa shape index (κ2) is 11.2. The maximum Gasteiger partial charge on any atom is 0.375 e. The molecule has 2 aromatic rings. The van der Waals surface area contributed by atoms with E-state index in [0.29, 0.717) is 21.3 Å². The molecule has 1 aliphatic carbocycles. The number of Topliss-reactive ketones (excluding diaryl/α,β-unsaturated/α-hetero) is 1. The Bertz CT molecular complexity index is 1120. The van der Waals surface area contributed by atoms with Crippen LogP contribution >= 0.6 is 23.2 Å². The number of carboxylic acid groups (broad SMARTS) is 1. The Kier molecular flexibility index (Phi) is 8.56. The topological polar surface area (TPSA) is 101 Å². The Morgan fingerprint density at radius 1 is 1.00 bits per heavy atom. The van der Waals surface area contributed by atoms with E-state index in [9.17, 15) is 19.2 Å². The van der Waals surface area contributed by atoms with Gasteiger partial charge in [0.1, 0.15) is 5.60 Å².